The van der Waals surface area contributed by atoms with Crippen LogP contribution in [0.5, 0.6) is 0 Å². The Morgan fingerprint density at radius 2 is 2.27 bits per heavy atom. The van der Waals surface area contributed by atoms with Gasteiger partial charge >= 0.3 is 0 Å². The summed E-state index contributed by atoms with van der Waals surface area (Å²) < 4.78 is 7.68. The lowest BCUT2D eigenvalue weighted by Gasteiger charge is -2.08. The Morgan fingerprint density at radius 1 is 1.36 bits per heavy atom. The molecule has 3 heterocycles. The van der Waals surface area contributed by atoms with E-state index in [1.807, 2.05) is 13.1 Å². The Labute approximate surface area is 133 Å². The van der Waals surface area contributed by atoms with Gasteiger partial charge < -0.3 is 15.0 Å². The van der Waals surface area contributed by atoms with E-state index in [0.717, 1.165) is 35.5 Å². The van der Waals surface area contributed by atoms with Crippen LogP contribution in [0.2, 0.25) is 0 Å². The number of imidazole rings is 1. The summed E-state index contributed by atoms with van der Waals surface area (Å²) in [6.45, 7) is 4.53. The molecule has 0 radical (unpaired) electrons. The van der Waals surface area contributed by atoms with Crippen molar-refractivity contribution in [3.8, 4) is 0 Å². The monoisotopic (exact) mass is 316 g/mol. The number of nitrogens with two attached hydrogens (primary N) is 1. The molecule has 0 saturated heterocycles. The maximum atomic E-state index is 5.52. The third-order valence-electron chi connectivity index (χ3n) is 3.43. The first-order chi connectivity index (χ1) is 10.8. The smallest absolute Gasteiger partial charge is 0.160 e. The highest BCUT2D eigenvalue weighted by molar-refractivity contribution is 7.09. The average molecular weight is 316 g/mol. The lowest BCUT2D eigenvalue weighted by atomic mass is 10.3. The van der Waals surface area contributed by atoms with E-state index in [1.165, 1.54) is 4.88 Å². The number of hydrogen-bond donors (Lipinski definition) is 1. The summed E-state index contributed by atoms with van der Waals surface area (Å²) in [5.41, 5.74) is 8.46. The van der Waals surface area contributed by atoms with Crippen LogP contribution in [0.15, 0.2) is 29.8 Å². The van der Waals surface area contributed by atoms with Gasteiger partial charge in [-0.3, -0.25) is 0 Å². The largest absolute Gasteiger partial charge is 0.378 e. The Balaban J connectivity index is 1.90. The molecular weight excluding hydrogens is 296 g/mol. The van der Waals surface area contributed by atoms with E-state index in [9.17, 15) is 0 Å². The van der Waals surface area contributed by atoms with E-state index < -0.39 is 0 Å². The molecule has 0 unspecified atom stereocenters. The van der Waals surface area contributed by atoms with Gasteiger partial charge in [0.15, 0.2) is 5.65 Å². The number of aromatic nitrogens is 3. The standard InChI is InChI=1S/C16H20N4OS/c1-12-9-14-16(18-11-12)20(5-7-21-6-4-17)15(19-14)10-13-3-2-8-22-13/h2-3,8-9,11H,4-7,10,17H2,1H3. The van der Waals surface area contributed by atoms with Crippen molar-refractivity contribution in [3.05, 3.63) is 46.0 Å². The summed E-state index contributed by atoms with van der Waals surface area (Å²) in [7, 11) is 0. The van der Waals surface area contributed by atoms with E-state index in [-0.39, 0.29) is 0 Å². The molecule has 0 bridgehead atoms. The number of aryl methyl sites for hydroxylation is 1. The normalized spacial score (nSPS) is 11.4. The molecule has 0 fully saturated rings. The van der Waals surface area contributed by atoms with Crippen LogP contribution in [0.4, 0.5) is 0 Å². The Bertz CT molecular complexity index is 736. The molecule has 3 aromatic rings. The lowest BCUT2D eigenvalue weighted by Crippen LogP contribution is -2.14. The summed E-state index contributed by atoms with van der Waals surface area (Å²) in [6, 6.07) is 6.29. The summed E-state index contributed by atoms with van der Waals surface area (Å²) in [6.07, 6.45) is 2.71. The number of ether oxygens (including phenoxy) is 1. The fourth-order valence-corrected chi connectivity index (χ4v) is 3.14. The topological polar surface area (TPSA) is 66.0 Å². The Morgan fingerprint density at radius 3 is 3.05 bits per heavy atom. The maximum absolute atomic E-state index is 5.52. The summed E-state index contributed by atoms with van der Waals surface area (Å²) >= 11 is 1.75. The quantitative estimate of drug-likeness (QED) is 0.680. The average Bonchev–Trinajstić information content (AvgIpc) is 3.12. The van der Waals surface area contributed by atoms with Crippen LogP contribution in [0, 0.1) is 6.92 Å². The fraction of sp³-hybridized carbons (Fsp3) is 0.375. The van der Waals surface area contributed by atoms with E-state index in [1.54, 1.807) is 11.3 Å². The second-order valence-electron chi connectivity index (χ2n) is 5.19. The van der Waals surface area contributed by atoms with Crippen LogP contribution in [0.3, 0.4) is 0 Å². The number of rotatable bonds is 7. The molecule has 0 aliphatic carbocycles. The van der Waals surface area contributed by atoms with Crippen LogP contribution in [0.25, 0.3) is 11.2 Å². The highest BCUT2D eigenvalue weighted by Gasteiger charge is 2.13. The molecule has 5 nitrogen and oxygen atoms in total. The third kappa shape index (κ3) is 3.35. The Kier molecular flexibility index (Phi) is 4.82. The zero-order valence-electron chi connectivity index (χ0n) is 12.7. The molecule has 0 amide bonds. The molecule has 0 aliphatic heterocycles. The van der Waals surface area contributed by atoms with E-state index in [4.69, 9.17) is 15.5 Å². The Hall–Kier alpha value is -1.76. The van der Waals surface area contributed by atoms with Gasteiger partial charge in [0, 0.05) is 30.6 Å². The van der Waals surface area contributed by atoms with E-state index in [2.05, 4.69) is 33.1 Å². The molecule has 22 heavy (non-hydrogen) atoms. The van der Waals surface area contributed by atoms with Gasteiger partial charge in [0.1, 0.15) is 11.3 Å². The van der Waals surface area contributed by atoms with Crippen LogP contribution >= 0.6 is 11.3 Å². The molecule has 3 rings (SSSR count). The maximum Gasteiger partial charge on any atom is 0.160 e. The van der Waals surface area contributed by atoms with Gasteiger partial charge in [-0.05, 0) is 30.0 Å². The zero-order chi connectivity index (χ0) is 15.4. The molecule has 6 heteroatoms. The van der Waals surface area contributed by atoms with Crippen molar-refractivity contribution in [2.75, 3.05) is 19.8 Å². The minimum absolute atomic E-state index is 0.546. The van der Waals surface area contributed by atoms with Gasteiger partial charge in [-0.25, -0.2) is 9.97 Å². The molecule has 0 aromatic carbocycles. The first-order valence-electron chi connectivity index (χ1n) is 7.40. The van der Waals surface area contributed by atoms with Gasteiger partial charge in [0.05, 0.1) is 13.2 Å². The van der Waals surface area contributed by atoms with Crippen LogP contribution in [0.1, 0.15) is 16.3 Å². The lowest BCUT2D eigenvalue weighted by molar-refractivity contribution is 0.133. The SMILES string of the molecule is Cc1cnc2c(c1)nc(Cc1cccs1)n2CCOCCN. The van der Waals surface area contributed by atoms with Crippen molar-refractivity contribution < 1.29 is 4.74 Å². The minimum Gasteiger partial charge on any atom is -0.378 e. The van der Waals surface area contributed by atoms with Crippen LogP contribution < -0.4 is 5.73 Å². The number of nitrogens with zero attached hydrogens (tertiary/aromatic N) is 3. The zero-order valence-corrected chi connectivity index (χ0v) is 13.5. The predicted molar refractivity (Wildman–Crippen MR) is 89.3 cm³/mol. The third-order valence-corrected chi connectivity index (χ3v) is 4.31. The molecule has 0 saturated carbocycles. The van der Waals surface area contributed by atoms with Gasteiger partial charge in [0.25, 0.3) is 0 Å². The van der Waals surface area contributed by atoms with E-state index in [0.29, 0.717) is 19.8 Å². The molecule has 116 valence electrons. The van der Waals surface area contributed by atoms with E-state index >= 15 is 0 Å². The van der Waals surface area contributed by atoms with Gasteiger partial charge in [-0.1, -0.05) is 6.07 Å². The van der Waals surface area contributed by atoms with Crippen LogP contribution in [-0.2, 0) is 17.7 Å². The highest BCUT2D eigenvalue weighted by Crippen LogP contribution is 2.20. The number of pyridine rings is 1. The second-order valence-corrected chi connectivity index (χ2v) is 6.22. The minimum atomic E-state index is 0.546. The van der Waals surface area contributed by atoms with Crippen LogP contribution in [-0.4, -0.2) is 34.3 Å². The fourth-order valence-electron chi connectivity index (χ4n) is 2.44. The van der Waals surface area contributed by atoms with Crippen molar-refractivity contribution in [2.24, 2.45) is 5.73 Å². The first kappa shape index (κ1) is 15.1. The van der Waals surface area contributed by atoms with Crippen molar-refractivity contribution in [1.29, 1.82) is 0 Å². The number of thiophene rings is 1. The molecular formula is C16H20N4OS. The highest BCUT2D eigenvalue weighted by atomic mass is 32.1. The number of fused-ring (bicyclic) bond motifs is 1. The predicted octanol–water partition coefficient (Wildman–Crippen LogP) is 2.37. The van der Waals surface area contributed by atoms with Gasteiger partial charge in [-0.15, -0.1) is 11.3 Å². The number of hydrogen-bond acceptors (Lipinski definition) is 5. The van der Waals surface area contributed by atoms with Crippen molar-refractivity contribution in [3.63, 3.8) is 0 Å². The molecule has 0 spiro atoms. The molecule has 0 atom stereocenters. The molecule has 3 aromatic heterocycles. The van der Waals surface area contributed by atoms with Gasteiger partial charge in [0.2, 0.25) is 0 Å². The summed E-state index contributed by atoms with van der Waals surface area (Å²) in [5, 5.41) is 2.09. The van der Waals surface area contributed by atoms with Crippen molar-refractivity contribution >= 4 is 22.5 Å². The molecule has 0 aliphatic rings. The summed E-state index contributed by atoms with van der Waals surface area (Å²) in [4.78, 5) is 10.6. The van der Waals surface area contributed by atoms with Crippen molar-refractivity contribution in [2.45, 2.75) is 19.9 Å². The summed E-state index contributed by atoms with van der Waals surface area (Å²) in [5.74, 6) is 1.03. The van der Waals surface area contributed by atoms with Gasteiger partial charge in [-0.2, -0.15) is 0 Å². The first-order valence-corrected chi connectivity index (χ1v) is 8.28. The molecule has 2 N–H and O–H groups in total. The van der Waals surface area contributed by atoms with Crippen molar-refractivity contribution in [1.82, 2.24) is 14.5 Å². The second kappa shape index (κ2) is 7.00.